The molecule has 4 nitrogen and oxygen atoms in total. The Kier molecular flexibility index (Phi) is 4.51. The molecule has 0 amide bonds. The summed E-state index contributed by atoms with van der Waals surface area (Å²) >= 11 is 0. The zero-order chi connectivity index (χ0) is 13.1. The van der Waals surface area contributed by atoms with Crippen molar-refractivity contribution in [3.8, 4) is 0 Å². The number of hydrogen-bond acceptors (Lipinski definition) is 4. The van der Waals surface area contributed by atoms with Crippen molar-refractivity contribution in [1.82, 2.24) is 5.32 Å². The molecule has 2 bridgehead atoms. The molecule has 0 saturated carbocycles. The van der Waals surface area contributed by atoms with Crippen LogP contribution in [0.15, 0.2) is 0 Å². The van der Waals surface area contributed by atoms with Gasteiger partial charge in [-0.25, -0.2) is 0 Å². The number of nitrogens with one attached hydrogen (secondary N) is 1. The highest BCUT2D eigenvalue weighted by Crippen LogP contribution is 2.31. The van der Waals surface area contributed by atoms with E-state index >= 15 is 0 Å². The first-order chi connectivity index (χ1) is 9.31. The molecule has 1 N–H and O–H groups in total. The first-order valence-corrected chi connectivity index (χ1v) is 7.83. The Morgan fingerprint density at radius 3 is 2.42 bits per heavy atom. The molecule has 3 aliphatic heterocycles. The summed E-state index contributed by atoms with van der Waals surface area (Å²) in [7, 11) is 0. The van der Waals surface area contributed by atoms with E-state index in [9.17, 15) is 4.79 Å². The number of fused-ring (bicyclic) bond motifs is 2. The Labute approximate surface area is 115 Å². The highest BCUT2D eigenvalue weighted by atomic mass is 16.7. The molecular formula is C15H25NO3. The van der Waals surface area contributed by atoms with Crippen LogP contribution in [0.5, 0.6) is 0 Å². The van der Waals surface area contributed by atoms with Gasteiger partial charge in [0.05, 0.1) is 13.2 Å². The van der Waals surface area contributed by atoms with Crippen molar-refractivity contribution in [2.45, 2.75) is 69.7 Å². The summed E-state index contributed by atoms with van der Waals surface area (Å²) in [5.41, 5.74) is 0. The first-order valence-electron chi connectivity index (χ1n) is 7.83. The molecule has 0 spiro atoms. The SMILES string of the molecule is O=C(CCC1OCCCO1)C1CC2CCCC(C1)N2. The largest absolute Gasteiger partial charge is 0.353 e. The second kappa shape index (κ2) is 6.33. The maximum atomic E-state index is 12.3. The van der Waals surface area contributed by atoms with E-state index in [4.69, 9.17) is 9.47 Å². The number of Topliss-reactive ketones (excluding diaryl/α,β-unsaturated/α-hetero) is 1. The van der Waals surface area contributed by atoms with Crippen LogP contribution in [-0.2, 0) is 14.3 Å². The quantitative estimate of drug-likeness (QED) is 0.846. The molecular weight excluding hydrogens is 242 g/mol. The lowest BCUT2D eigenvalue weighted by Gasteiger charge is -2.40. The van der Waals surface area contributed by atoms with Crippen LogP contribution >= 0.6 is 0 Å². The average Bonchev–Trinajstić information content (AvgIpc) is 2.45. The molecule has 108 valence electrons. The van der Waals surface area contributed by atoms with Gasteiger partial charge in [0.15, 0.2) is 6.29 Å². The van der Waals surface area contributed by atoms with E-state index in [1.54, 1.807) is 0 Å². The van der Waals surface area contributed by atoms with E-state index in [2.05, 4.69) is 5.32 Å². The molecule has 2 atom stereocenters. The van der Waals surface area contributed by atoms with E-state index in [-0.39, 0.29) is 12.2 Å². The van der Waals surface area contributed by atoms with Crippen LogP contribution in [0.2, 0.25) is 0 Å². The minimum absolute atomic E-state index is 0.140. The van der Waals surface area contributed by atoms with Gasteiger partial charge in [0.25, 0.3) is 0 Å². The van der Waals surface area contributed by atoms with Crippen molar-refractivity contribution in [1.29, 1.82) is 0 Å². The van der Waals surface area contributed by atoms with Crippen molar-refractivity contribution in [3.63, 3.8) is 0 Å². The summed E-state index contributed by atoms with van der Waals surface area (Å²) in [6.07, 6.45) is 8.09. The fraction of sp³-hybridized carbons (Fsp3) is 0.933. The van der Waals surface area contributed by atoms with Crippen LogP contribution in [0.1, 0.15) is 51.4 Å². The average molecular weight is 267 g/mol. The molecule has 3 rings (SSSR count). The number of carbonyl (C=O) groups is 1. The van der Waals surface area contributed by atoms with Gasteiger partial charge in [0.2, 0.25) is 0 Å². The summed E-state index contributed by atoms with van der Waals surface area (Å²) in [4.78, 5) is 12.3. The minimum Gasteiger partial charge on any atom is -0.353 e. The number of ketones is 1. The van der Waals surface area contributed by atoms with Crippen LogP contribution in [0.25, 0.3) is 0 Å². The maximum absolute atomic E-state index is 12.3. The van der Waals surface area contributed by atoms with Gasteiger partial charge in [-0.15, -0.1) is 0 Å². The van der Waals surface area contributed by atoms with Gasteiger partial charge in [0.1, 0.15) is 5.78 Å². The molecule has 3 aliphatic rings. The lowest BCUT2D eigenvalue weighted by molar-refractivity contribution is -0.182. The Balaban J connectivity index is 1.44. The summed E-state index contributed by atoms with van der Waals surface area (Å²) in [5.74, 6) is 0.705. The third-order valence-corrected chi connectivity index (χ3v) is 4.69. The highest BCUT2D eigenvalue weighted by Gasteiger charge is 2.34. The molecule has 3 fully saturated rings. The first kappa shape index (κ1) is 13.5. The van der Waals surface area contributed by atoms with Crippen LogP contribution in [-0.4, -0.2) is 37.4 Å². The third kappa shape index (κ3) is 3.56. The normalized spacial score (nSPS) is 36.1. The van der Waals surface area contributed by atoms with Crippen molar-refractivity contribution in [2.24, 2.45) is 5.92 Å². The predicted octanol–water partition coefficient (Wildman–Crippen LogP) is 2.02. The molecule has 2 unspecified atom stereocenters. The second-order valence-electron chi connectivity index (χ2n) is 6.19. The van der Waals surface area contributed by atoms with Gasteiger partial charge in [0, 0.05) is 30.8 Å². The molecule has 0 aromatic rings. The number of rotatable bonds is 4. The van der Waals surface area contributed by atoms with Gasteiger partial charge >= 0.3 is 0 Å². The van der Waals surface area contributed by atoms with E-state index in [0.717, 1.165) is 38.9 Å². The molecule has 0 aromatic carbocycles. The smallest absolute Gasteiger partial charge is 0.157 e. The van der Waals surface area contributed by atoms with Crippen LogP contribution < -0.4 is 5.32 Å². The summed E-state index contributed by atoms with van der Waals surface area (Å²) in [6, 6.07) is 1.17. The Morgan fingerprint density at radius 1 is 1.05 bits per heavy atom. The standard InChI is InChI=1S/C15H25NO3/c17-14(5-6-15-18-7-2-8-19-15)11-9-12-3-1-4-13(10-11)16-12/h11-13,15-16H,1-10H2. The number of carbonyl (C=O) groups excluding carboxylic acids is 1. The van der Waals surface area contributed by atoms with Crippen LogP contribution in [0, 0.1) is 5.92 Å². The lowest BCUT2D eigenvalue weighted by atomic mass is 9.78. The van der Waals surface area contributed by atoms with Gasteiger partial charge in [-0.05, 0) is 32.1 Å². The summed E-state index contributed by atoms with van der Waals surface area (Å²) in [5, 5.41) is 3.64. The minimum atomic E-state index is -0.140. The van der Waals surface area contributed by atoms with Gasteiger partial charge in [-0.1, -0.05) is 6.42 Å². The zero-order valence-electron chi connectivity index (χ0n) is 11.6. The fourth-order valence-corrected chi connectivity index (χ4v) is 3.70. The van der Waals surface area contributed by atoms with E-state index in [1.165, 1.54) is 19.3 Å². The fourth-order valence-electron chi connectivity index (χ4n) is 3.70. The second-order valence-corrected chi connectivity index (χ2v) is 6.19. The number of piperidine rings is 2. The van der Waals surface area contributed by atoms with E-state index in [1.807, 2.05) is 0 Å². The van der Waals surface area contributed by atoms with E-state index < -0.39 is 0 Å². The van der Waals surface area contributed by atoms with Crippen LogP contribution in [0.3, 0.4) is 0 Å². The van der Waals surface area contributed by atoms with Crippen molar-refractivity contribution < 1.29 is 14.3 Å². The van der Waals surface area contributed by atoms with Crippen molar-refractivity contribution >= 4 is 5.78 Å². The molecule has 3 heterocycles. The van der Waals surface area contributed by atoms with Crippen molar-refractivity contribution in [2.75, 3.05) is 13.2 Å². The Morgan fingerprint density at radius 2 is 1.74 bits per heavy atom. The zero-order valence-corrected chi connectivity index (χ0v) is 11.6. The summed E-state index contributed by atoms with van der Waals surface area (Å²) < 4.78 is 11.0. The summed E-state index contributed by atoms with van der Waals surface area (Å²) in [6.45, 7) is 1.55. The maximum Gasteiger partial charge on any atom is 0.157 e. The number of hydrogen-bond donors (Lipinski definition) is 1. The predicted molar refractivity (Wildman–Crippen MR) is 71.8 cm³/mol. The Hall–Kier alpha value is -0.450. The lowest BCUT2D eigenvalue weighted by Crippen LogP contribution is -2.50. The van der Waals surface area contributed by atoms with Gasteiger partial charge in [-0.2, -0.15) is 0 Å². The molecule has 0 radical (unpaired) electrons. The van der Waals surface area contributed by atoms with Crippen LogP contribution in [0.4, 0.5) is 0 Å². The van der Waals surface area contributed by atoms with Gasteiger partial charge in [-0.3, -0.25) is 4.79 Å². The highest BCUT2D eigenvalue weighted by molar-refractivity contribution is 5.81. The van der Waals surface area contributed by atoms with E-state index in [0.29, 0.717) is 24.3 Å². The molecule has 19 heavy (non-hydrogen) atoms. The monoisotopic (exact) mass is 267 g/mol. The topological polar surface area (TPSA) is 47.6 Å². The van der Waals surface area contributed by atoms with Crippen molar-refractivity contribution in [3.05, 3.63) is 0 Å². The molecule has 3 saturated heterocycles. The number of ether oxygens (including phenoxy) is 2. The third-order valence-electron chi connectivity index (χ3n) is 4.69. The molecule has 0 aromatic heterocycles. The van der Waals surface area contributed by atoms with Gasteiger partial charge < -0.3 is 14.8 Å². The Bertz CT molecular complexity index is 303. The molecule has 0 aliphatic carbocycles. The molecule has 4 heteroatoms.